The first-order valence-electron chi connectivity index (χ1n) is 7.45. The first-order valence-corrected chi connectivity index (χ1v) is 7.45. The summed E-state index contributed by atoms with van der Waals surface area (Å²) in [6.07, 6.45) is 6.93. The van der Waals surface area contributed by atoms with Crippen molar-refractivity contribution in [3.8, 4) is 0 Å². The minimum absolute atomic E-state index is 0.502. The first kappa shape index (κ1) is 11.9. The van der Waals surface area contributed by atoms with Gasteiger partial charge in [0, 0.05) is 25.2 Å². The van der Waals surface area contributed by atoms with E-state index in [0.29, 0.717) is 12.1 Å². The Labute approximate surface area is 105 Å². The summed E-state index contributed by atoms with van der Waals surface area (Å²) in [5, 5.41) is 3.93. The molecule has 0 spiro atoms. The summed E-state index contributed by atoms with van der Waals surface area (Å²) in [7, 11) is 0. The minimum atomic E-state index is 0.502. The van der Waals surface area contributed by atoms with Gasteiger partial charge < -0.3 is 15.0 Å². The van der Waals surface area contributed by atoms with Gasteiger partial charge >= 0.3 is 0 Å². The summed E-state index contributed by atoms with van der Waals surface area (Å²) in [4.78, 5) is 2.63. The van der Waals surface area contributed by atoms with E-state index in [4.69, 9.17) is 4.74 Å². The van der Waals surface area contributed by atoms with Gasteiger partial charge in [0.25, 0.3) is 0 Å². The van der Waals surface area contributed by atoms with E-state index in [2.05, 4.69) is 17.1 Å². The lowest BCUT2D eigenvalue weighted by Crippen LogP contribution is -2.58. The summed E-state index contributed by atoms with van der Waals surface area (Å²) < 4.78 is 5.76. The molecule has 4 heterocycles. The quantitative estimate of drug-likeness (QED) is 0.809. The maximum atomic E-state index is 5.76. The van der Waals surface area contributed by atoms with Crippen LogP contribution in [0.25, 0.3) is 0 Å². The Morgan fingerprint density at radius 1 is 1.24 bits per heavy atom. The molecular formula is C14H26N2O. The van der Waals surface area contributed by atoms with E-state index >= 15 is 0 Å². The summed E-state index contributed by atoms with van der Waals surface area (Å²) in [6, 6.07) is 1.47. The van der Waals surface area contributed by atoms with Gasteiger partial charge in [-0.2, -0.15) is 0 Å². The van der Waals surface area contributed by atoms with Gasteiger partial charge in [0.05, 0.1) is 6.10 Å². The standard InChI is InChI=1S/C14H26N2O/c1-2-13-9-12(5-8-17-13)15-14-10-16-6-3-11(14)4-7-16/h11-15H,2-10H2,1H3. The van der Waals surface area contributed by atoms with Crippen molar-refractivity contribution >= 4 is 0 Å². The molecule has 0 aromatic heterocycles. The molecule has 3 atom stereocenters. The zero-order valence-electron chi connectivity index (χ0n) is 11.0. The fourth-order valence-corrected chi connectivity index (χ4v) is 3.77. The molecule has 0 aromatic rings. The van der Waals surface area contributed by atoms with Crippen LogP contribution in [0.15, 0.2) is 0 Å². The smallest absolute Gasteiger partial charge is 0.0587 e. The molecule has 2 bridgehead atoms. The minimum Gasteiger partial charge on any atom is -0.378 e. The van der Waals surface area contributed by atoms with Crippen molar-refractivity contribution < 1.29 is 4.74 Å². The normalized spacial score (nSPS) is 46.1. The lowest BCUT2D eigenvalue weighted by atomic mass is 9.83. The lowest BCUT2D eigenvalue weighted by Gasteiger charge is -2.47. The Bertz CT molecular complexity index is 251. The highest BCUT2D eigenvalue weighted by atomic mass is 16.5. The molecule has 98 valence electrons. The molecule has 4 aliphatic heterocycles. The van der Waals surface area contributed by atoms with Gasteiger partial charge in [0.2, 0.25) is 0 Å². The van der Waals surface area contributed by atoms with Crippen LogP contribution in [0, 0.1) is 5.92 Å². The van der Waals surface area contributed by atoms with Crippen LogP contribution in [0.3, 0.4) is 0 Å². The van der Waals surface area contributed by atoms with Crippen molar-refractivity contribution in [2.45, 2.75) is 57.2 Å². The van der Waals surface area contributed by atoms with Crippen molar-refractivity contribution in [3.05, 3.63) is 0 Å². The average Bonchev–Trinajstić information content (AvgIpc) is 2.40. The van der Waals surface area contributed by atoms with Crippen molar-refractivity contribution in [2.75, 3.05) is 26.2 Å². The molecule has 3 heteroatoms. The zero-order chi connectivity index (χ0) is 11.7. The molecule has 0 amide bonds. The van der Waals surface area contributed by atoms with Gasteiger partial charge in [-0.15, -0.1) is 0 Å². The Balaban J connectivity index is 1.52. The van der Waals surface area contributed by atoms with Crippen molar-refractivity contribution in [1.82, 2.24) is 10.2 Å². The van der Waals surface area contributed by atoms with Crippen molar-refractivity contribution in [1.29, 1.82) is 0 Å². The van der Waals surface area contributed by atoms with E-state index < -0.39 is 0 Å². The monoisotopic (exact) mass is 238 g/mol. The molecule has 4 rings (SSSR count). The molecule has 0 radical (unpaired) electrons. The third-order valence-corrected chi connectivity index (χ3v) is 4.93. The van der Waals surface area contributed by atoms with Gasteiger partial charge in [-0.1, -0.05) is 6.92 Å². The van der Waals surface area contributed by atoms with Gasteiger partial charge in [-0.3, -0.25) is 0 Å². The largest absolute Gasteiger partial charge is 0.378 e. The molecule has 4 saturated heterocycles. The number of ether oxygens (including phenoxy) is 1. The summed E-state index contributed by atoms with van der Waals surface area (Å²) in [5.74, 6) is 0.947. The van der Waals surface area contributed by atoms with Crippen molar-refractivity contribution in [3.63, 3.8) is 0 Å². The Morgan fingerprint density at radius 3 is 2.71 bits per heavy atom. The predicted molar refractivity (Wildman–Crippen MR) is 69.1 cm³/mol. The molecular weight excluding hydrogens is 212 g/mol. The fraction of sp³-hybridized carbons (Fsp3) is 1.00. The molecule has 0 saturated carbocycles. The van der Waals surface area contributed by atoms with Crippen molar-refractivity contribution in [2.24, 2.45) is 5.92 Å². The number of piperidine rings is 3. The van der Waals surface area contributed by atoms with E-state index in [0.717, 1.165) is 18.6 Å². The van der Waals surface area contributed by atoms with Crippen LogP contribution in [-0.4, -0.2) is 49.3 Å². The maximum Gasteiger partial charge on any atom is 0.0587 e. The summed E-state index contributed by atoms with van der Waals surface area (Å²) >= 11 is 0. The third-order valence-electron chi connectivity index (χ3n) is 4.93. The molecule has 0 aliphatic carbocycles. The lowest BCUT2D eigenvalue weighted by molar-refractivity contribution is -0.0110. The van der Waals surface area contributed by atoms with E-state index in [9.17, 15) is 0 Å². The molecule has 17 heavy (non-hydrogen) atoms. The Hall–Kier alpha value is -0.120. The van der Waals surface area contributed by atoms with Crippen LogP contribution in [0.5, 0.6) is 0 Å². The Kier molecular flexibility index (Phi) is 3.69. The number of hydrogen-bond donors (Lipinski definition) is 1. The van der Waals surface area contributed by atoms with Crippen LogP contribution in [0.2, 0.25) is 0 Å². The second-order valence-electron chi connectivity index (χ2n) is 6.03. The fourth-order valence-electron chi connectivity index (χ4n) is 3.77. The molecule has 4 aliphatic rings. The highest BCUT2D eigenvalue weighted by molar-refractivity contribution is 4.93. The van der Waals surface area contributed by atoms with Gasteiger partial charge in [0.1, 0.15) is 0 Å². The molecule has 3 nitrogen and oxygen atoms in total. The van der Waals surface area contributed by atoms with Gasteiger partial charge in [-0.05, 0) is 51.1 Å². The number of nitrogens with zero attached hydrogens (tertiary/aromatic N) is 1. The number of nitrogens with one attached hydrogen (secondary N) is 1. The zero-order valence-corrected chi connectivity index (χ0v) is 11.0. The van der Waals surface area contributed by atoms with Crippen LogP contribution in [0.4, 0.5) is 0 Å². The summed E-state index contributed by atoms with van der Waals surface area (Å²) in [6.45, 7) is 7.17. The Morgan fingerprint density at radius 2 is 2.06 bits per heavy atom. The van der Waals surface area contributed by atoms with Crippen LogP contribution in [-0.2, 0) is 4.74 Å². The second kappa shape index (κ2) is 5.25. The number of rotatable bonds is 3. The number of hydrogen-bond acceptors (Lipinski definition) is 3. The van der Waals surface area contributed by atoms with Gasteiger partial charge in [0.15, 0.2) is 0 Å². The van der Waals surface area contributed by atoms with Gasteiger partial charge in [-0.25, -0.2) is 0 Å². The summed E-state index contributed by atoms with van der Waals surface area (Å²) in [5.41, 5.74) is 0. The maximum absolute atomic E-state index is 5.76. The van der Waals surface area contributed by atoms with Crippen LogP contribution >= 0.6 is 0 Å². The van der Waals surface area contributed by atoms with E-state index in [1.165, 1.54) is 51.7 Å². The molecule has 4 fully saturated rings. The first-order chi connectivity index (χ1) is 8.35. The highest BCUT2D eigenvalue weighted by Crippen LogP contribution is 2.29. The van der Waals surface area contributed by atoms with E-state index in [1.54, 1.807) is 0 Å². The average molecular weight is 238 g/mol. The second-order valence-corrected chi connectivity index (χ2v) is 6.03. The molecule has 0 aromatic carbocycles. The topological polar surface area (TPSA) is 24.5 Å². The van der Waals surface area contributed by atoms with Crippen LogP contribution in [0.1, 0.15) is 39.0 Å². The SMILES string of the molecule is CCC1CC(NC2CN3CCC2CC3)CCO1. The molecule has 1 N–H and O–H groups in total. The van der Waals surface area contributed by atoms with Crippen LogP contribution < -0.4 is 5.32 Å². The van der Waals surface area contributed by atoms with E-state index in [1.807, 2.05) is 0 Å². The van der Waals surface area contributed by atoms with E-state index in [-0.39, 0.29) is 0 Å². The third kappa shape index (κ3) is 2.67. The predicted octanol–water partition coefficient (Wildman–Crippen LogP) is 1.63. The molecule has 3 unspecified atom stereocenters. The number of fused-ring (bicyclic) bond motifs is 3. The highest BCUT2D eigenvalue weighted by Gasteiger charge is 2.35.